The Morgan fingerprint density at radius 2 is 1.60 bits per heavy atom. The normalized spacial score (nSPS) is 13.6. The van der Waals surface area contributed by atoms with Gasteiger partial charge < -0.3 is 19.7 Å². The highest BCUT2D eigenvalue weighted by molar-refractivity contribution is 7.92. The first kappa shape index (κ1) is 32.1. The molecule has 0 unspecified atom stereocenters. The van der Waals surface area contributed by atoms with Gasteiger partial charge in [-0.25, -0.2) is 12.8 Å². The van der Waals surface area contributed by atoms with Crippen LogP contribution in [0.1, 0.15) is 39.7 Å². The molecule has 43 heavy (non-hydrogen) atoms. The number of halogens is 2. The van der Waals surface area contributed by atoms with Crippen LogP contribution in [-0.2, 0) is 26.2 Å². The number of ether oxygens (including phenoxy) is 2. The quantitative estimate of drug-likeness (QED) is 0.331. The van der Waals surface area contributed by atoms with Crippen molar-refractivity contribution in [3.8, 4) is 11.5 Å². The second kappa shape index (κ2) is 13.2. The summed E-state index contributed by atoms with van der Waals surface area (Å²) in [5, 5.41) is 3.43. The van der Waals surface area contributed by atoms with Crippen LogP contribution in [-0.4, -0.2) is 56.5 Å². The lowest BCUT2D eigenvalue weighted by molar-refractivity contribution is -0.141. The zero-order valence-corrected chi connectivity index (χ0v) is 26.0. The first-order chi connectivity index (χ1) is 20.3. The third-order valence-electron chi connectivity index (χ3n) is 6.65. The van der Waals surface area contributed by atoms with E-state index in [1.54, 1.807) is 31.2 Å². The maximum atomic E-state index is 14.1. The van der Waals surface area contributed by atoms with Crippen molar-refractivity contribution in [2.75, 3.05) is 24.1 Å². The molecule has 0 saturated carbocycles. The first-order valence-electron chi connectivity index (χ1n) is 13.8. The highest BCUT2D eigenvalue weighted by atomic mass is 35.5. The fourth-order valence-electron chi connectivity index (χ4n) is 4.61. The smallest absolute Gasteiger partial charge is 0.264 e. The average molecular weight is 632 g/mol. The van der Waals surface area contributed by atoms with Crippen molar-refractivity contribution in [1.29, 1.82) is 0 Å². The van der Waals surface area contributed by atoms with E-state index in [2.05, 4.69) is 5.32 Å². The van der Waals surface area contributed by atoms with Crippen molar-refractivity contribution in [2.45, 2.75) is 57.1 Å². The van der Waals surface area contributed by atoms with Gasteiger partial charge in [-0.3, -0.25) is 13.9 Å². The van der Waals surface area contributed by atoms with Crippen LogP contribution in [0.3, 0.4) is 0 Å². The van der Waals surface area contributed by atoms with Crippen LogP contribution < -0.4 is 19.1 Å². The minimum atomic E-state index is -4.38. The molecule has 1 aliphatic heterocycles. The second-order valence-corrected chi connectivity index (χ2v) is 13.4. The van der Waals surface area contributed by atoms with Crippen LogP contribution in [0.15, 0.2) is 71.6 Å². The van der Waals surface area contributed by atoms with Crippen molar-refractivity contribution in [3.05, 3.63) is 83.1 Å². The lowest BCUT2D eigenvalue weighted by Crippen LogP contribution is -2.55. The minimum absolute atomic E-state index is 0.0212. The Labute approximate surface area is 256 Å². The Kier molecular flexibility index (Phi) is 9.86. The van der Waals surface area contributed by atoms with Crippen molar-refractivity contribution in [1.82, 2.24) is 10.2 Å². The molecule has 0 bridgehead atoms. The molecule has 12 heteroatoms. The third kappa shape index (κ3) is 7.97. The molecule has 3 aromatic rings. The van der Waals surface area contributed by atoms with E-state index >= 15 is 0 Å². The van der Waals surface area contributed by atoms with E-state index in [9.17, 15) is 22.4 Å². The largest absolute Gasteiger partial charge is 0.486 e. The lowest BCUT2D eigenvalue weighted by Gasteiger charge is -2.34. The number of hydrogen-bond acceptors (Lipinski definition) is 6. The Bertz CT molecular complexity index is 1560. The Balaban J connectivity index is 1.75. The molecular formula is C31H35ClFN3O6S. The summed E-state index contributed by atoms with van der Waals surface area (Å²) < 4.78 is 54.1. The standard InChI is InChI=1S/C31H35ClFN3O6S/c1-5-26(30(38)34-31(2,3)4)35(19-21-6-8-22(32)9-7-21)29(37)20-36(24-12-10-23(33)11-13-24)43(39,40)25-14-15-27-28(18-25)42-17-16-41-27/h6-15,18,26H,5,16-17,19-20H2,1-4H3,(H,34,38)/t26-/m1/s1. The molecule has 0 spiro atoms. The molecule has 0 saturated heterocycles. The second-order valence-electron chi connectivity index (χ2n) is 11.1. The zero-order chi connectivity index (χ0) is 31.4. The van der Waals surface area contributed by atoms with Gasteiger partial charge in [0.25, 0.3) is 10.0 Å². The first-order valence-corrected chi connectivity index (χ1v) is 15.6. The summed E-state index contributed by atoms with van der Waals surface area (Å²) in [7, 11) is -4.38. The summed E-state index contributed by atoms with van der Waals surface area (Å²) in [5.41, 5.74) is 0.201. The fourth-order valence-corrected chi connectivity index (χ4v) is 6.16. The van der Waals surface area contributed by atoms with Crippen LogP contribution in [0.5, 0.6) is 11.5 Å². The van der Waals surface area contributed by atoms with Gasteiger partial charge in [-0.15, -0.1) is 0 Å². The van der Waals surface area contributed by atoms with Crippen LogP contribution >= 0.6 is 11.6 Å². The summed E-state index contributed by atoms with van der Waals surface area (Å²) in [6, 6.07) is 14.9. The number of carbonyl (C=O) groups excluding carboxylic acids is 2. The molecule has 4 rings (SSSR count). The number of rotatable bonds is 10. The van der Waals surface area contributed by atoms with Crippen molar-refractivity contribution >= 4 is 39.1 Å². The van der Waals surface area contributed by atoms with Crippen molar-refractivity contribution < 1.29 is 31.9 Å². The van der Waals surface area contributed by atoms with Crippen LogP contribution in [0.25, 0.3) is 0 Å². The SMILES string of the molecule is CC[C@H](C(=O)NC(C)(C)C)N(Cc1ccc(Cl)cc1)C(=O)CN(c1ccc(F)cc1)S(=O)(=O)c1ccc2c(c1)OCCO2. The monoisotopic (exact) mass is 631 g/mol. The number of nitrogens with one attached hydrogen (secondary N) is 1. The van der Waals surface area contributed by atoms with Crippen LogP contribution in [0.4, 0.5) is 10.1 Å². The van der Waals surface area contributed by atoms with Gasteiger partial charge in [-0.2, -0.15) is 0 Å². The maximum absolute atomic E-state index is 14.1. The Morgan fingerprint density at radius 3 is 2.21 bits per heavy atom. The maximum Gasteiger partial charge on any atom is 0.264 e. The summed E-state index contributed by atoms with van der Waals surface area (Å²) in [5.74, 6) is -0.913. The van der Waals surface area contributed by atoms with Crippen molar-refractivity contribution in [2.24, 2.45) is 0 Å². The lowest BCUT2D eigenvalue weighted by atomic mass is 10.1. The predicted octanol–water partition coefficient (Wildman–Crippen LogP) is 5.17. The van der Waals surface area contributed by atoms with Crippen LogP contribution in [0, 0.1) is 5.82 Å². The number of benzene rings is 3. The molecule has 1 heterocycles. The van der Waals surface area contributed by atoms with Gasteiger partial charge in [0.1, 0.15) is 31.6 Å². The number of amides is 2. The van der Waals surface area contributed by atoms with Gasteiger partial charge in [0.05, 0.1) is 10.6 Å². The molecule has 230 valence electrons. The van der Waals surface area contributed by atoms with E-state index in [0.717, 1.165) is 16.4 Å². The average Bonchev–Trinajstić information content (AvgIpc) is 2.96. The molecule has 1 atom stereocenters. The summed E-state index contributed by atoms with van der Waals surface area (Å²) in [4.78, 5) is 28.8. The number of nitrogens with zero attached hydrogens (tertiary/aromatic N) is 2. The summed E-state index contributed by atoms with van der Waals surface area (Å²) in [6.07, 6.45) is 0.271. The van der Waals surface area contributed by atoms with Gasteiger partial charge >= 0.3 is 0 Å². The molecule has 0 fully saturated rings. The van der Waals surface area contributed by atoms with Crippen molar-refractivity contribution in [3.63, 3.8) is 0 Å². The molecule has 2 amide bonds. The molecule has 0 aromatic heterocycles. The van der Waals surface area contributed by atoms with Crippen LogP contribution in [0.2, 0.25) is 5.02 Å². The Morgan fingerprint density at radius 1 is 0.977 bits per heavy atom. The Hall–Kier alpha value is -3.83. The number of anilines is 1. The van der Waals surface area contributed by atoms with Gasteiger partial charge in [-0.05, 0) is 81.3 Å². The third-order valence-corrected chi connectivity index (χ3v) is 8.67. The number of carbonyl (C=O) groups is 2. The highest BCUT2D eigenvalue weighted by Gasteiger charge is 2.35. The number of hydrogen-bond donors (Lipinski definition) is 1. The van der Waals surface area contributed by atoms with Gasteiger partial charge in [0, 0.05) is 23.2 Å². The molecule has 0 aliphatic carbocycles. The van der Waals surface area contributed by atoms with E-state index in [4.69, 9.17) is 21.1 Å². The molecule has 9 nitrogen and oxygen atoms in total. The van der Waals surface area contributed by atoms with E-state index in [0.29, 0.717) is 22.9 Å². The highest BCUT2D eigenvalue weighted by Crippen LogP contribution is 2.34. The van der Waals surface area contributed by atoms with E-state index in [1.165, 1.54) is 35.2 Å². The number of fused-ring (bicyclic) bond motifs is 1. The molecular weight excluding hydrogens is 597 g/mol. The fraction of sp³-hybridized carbons (Fsp3) is 0.355. The molecule has 1 aliphatic rings. The van der Waals surface area contributed by atoms with Gasteiger partial charge in [-0.1, -0.05) is 30.7 Å². The zero-order valence-electron chi connectivity index (χ0n) is 24.5. The van der Waals surface area contributed by atoms with E-state index < -0.39 is 39.9 Å². The van der Waals surface area contributed by atoms with Gasteiger partial charge in [0.2, 0.25) is 11.8 Å². The van der Waals surface area contributed by atoms with Gasteiger partial charge in [0.15, 0.2) is 11.5 Å². The van der Waals surface area contributed by atoms with E-state index in [1.807, 2.05) is 20.8 Å². The topological polar surface area (TPSA) is 105 Å². The molecule has 1 N–H and O–H groups in total. The summed E-state index contributed by atoms with van der Waals surface area (Å²) >= 11 is 6.06. The predicted molar refractivity (Wildman–Crippen MR) is 162 cm³/mol. The number of sulfonamides is 1. The summed E-state index contributed by atoms with van der Waals surface area (Å²) in [6.45, 7) is 7.23. The molecule has 0 radical (unpaired) electrons. The minimum Gasteiger partial charge on any atom is -0.486 e. The molecule has 3 aromatic carbocycles. The van der Waals surface area contributed by atoms with E-state index in [-0.39, 0.29) is 41.8 Å².